The first-order valence-electron chi connectivity index (χ1n) is 5.46. The van der Waals surface area contributed by atoms with Crippen molar-refractivity contribution in [2.75, 3.05) is 18.9 Å². The molecular formula is C12H18N4O. The zero-order chi connectivity index (χ0) is 12.7. The molecule has 5 heteroatoms. The Hall–Kier alpha value is -1.72. The summed E-state index contributed by atoms with van der Waals surface area (Å²) >= 11 is 0. The number of likely N-dealkylation sites (N-methyl/N-ethyl adjacent to an activating group) is 1. The van der Waals surface area contributed by atoms with Crippen molar-refractivity contribution < 1.29 is 4.79 Å². The van der Waals surface area contributed by atoms with Crippen molar-refractivity contribution >= 4 is 12.1 Å². The van der Waals surface area contributed by atoms with Crippen molar-refractivity contribution in [2.24, 2.45) is 5.73 Å². The highest BCUT2D eigenvalue weighted by atomic mass is 16.1. The first-order valence-corrected chi connectivity index (χ1v) is 5.46. The van der Waals surface area contributed by atoms with Gasteiger partial charge in [0, 0.05) is 18.8 Å². The molecule has 0 aliphatic carbocycles. The van der Waals surface area contributed by atoms with Gasteiger partial charge in [0.05, 0.1) is 0 Å². The molecule has 0 spiro atoms. The van der Waals surface area contributed by atoms with E-state index in [9.17, 15) is 4.79 Å². The number of anilines is 1. The summed E-state index contributed by atoms with van der Waals surface area (Å²) in [6, 6.07) is 5.42. The molecule has 4 N–H and O–H groups in total. The monoisotopic (exact) mass is 234 g/mol. The van der Waals surface area contributed by atoms with E-state index < -0.39 is 0 Å². The van der Waals surface area contributed by atoms with Crippen LogP contribution in [0.3, 0.4) is 0 Å². The van der Waals surface area contributed by atoms with Gasteiger partial charge >= 0.3 is 0 Å². The number of rotatable bonds is 6. The van der Waals surface area contributed by atoms with E-state index in [1.807, 2.05) is 20.2 Å². The molecule has 0 bridgehead atoms. The summed E-state index contributed by atoms with van der Waals surface area (Å²) in [7, 11) is 1.87. The lowest BCUT2D eigenvalue weighted by Gasteiger charge is -2.13. The van der Waals surface area contributed by atoms with Gasteiger partial charge in [0.2, 0.25) is 0 Å². The number of nitrogens with two attached hydrogens (primary N) is 1. The molecule has 1 aromatic rings. The topological polar surface area (TPSA) is 80.0 Å². The van der Waals surface area contributed by atoms with Gasteiger partial charge in [0.15, 0.2) is 6.29 Å². The second kappa shape index (κ2) is 6.78. The van der Waals surface area contributed by atoms with E-state index in [0.717, 1.165) is 11.9 Å². The summed E-state index contributed by atoms with van der Waals surface area (Å²) in [4.78, 5) is 14.7. The summed E-state index contributed by atoms with van der Waals surface area (Å²) in [5, 5.41) is 6.14. The molecule has 0 saturated heterocycles. The molecular weight excluding hydrogens is 216 g/mol. The lowest BCUT2D eigenvalue weighted by atomic mass is 10.1. The van der Waals surface area contributed by atoms with E-state index in [2.05, 4.69) is 15.6 Å². The molecule has 1 rings (SSSR count). The van der Waals surface area contributed by atoms with Crippen molar-refractivity contribution in [3.05, 3.63) is 35.7 Å². The van der Waals surface area contributed by atoms with Crippen LogP contribution in [-0.4, -0.2) is 30.9 Å². The maximum atomic E-state index is 10.6. The smallest absolute Gasteiger partial charge is 0.168 e. The highest BCUT2D eigenvalue weighted by Gasteiger charge is 2.03. The van der Waals surface area contributed by atoms with Crippen LogP contribution in [0.15, 0.2) is 30.0 Å². The molecule has 0 radical (unpaired) electrons. The number of hydrogen-bond acceptors (Lipinski definition) is 5. The van der Waals surface area contributed by atoms with Gasteiger partial charge in [-0.05, 0) is 31.7 Å². The Morgan fingerprint density at radius 3 is 2.94 bits per heavy atom. The SMILES string of the molecule is CNC(C)/C(=C/Nc1cccc(C=O)n1)CN. The summed E-state index contributed by atoms with van der Waals surface area (Å²) in [6.45, 7) is 2.48. The summed E-state index contributed by atoms with van der Waals surface area (Å²) in [5.74, 6) is 0.629. The average molecular weight is 234 g/mol. The second-order valence-electron chi connectivity index (χ2n) is 3.64. The predicted molar refractivity (Wildman–Crippen MR) is 68.9 cm³/mol. The van der Waals surface area contributed by atoms with Gasteiger partial charge in [-0.25, -0.2) is 4.98 Å². The third-order valence-corrected chi connectivity index (χ3v) is 2.52. The molecule has 0 aliphatic heterocycles. The minimum Gasteiger partial charge on any atom is -0.347 e. The Kier molecular flexibility index (Phi) is 5.32. The number of carbonyl (C=O) groups excluding carboxylic acids is 1. The van der Waals surface area contributed by atoms with Gasteiger partial charge in [-0.1, -0.05) is 6.07 Å². The first-order chi connectivity index (χ1) is 8.21. The maximum absolute atomic E-state index is 10.6. The molecule has 0 saturated carbocycles. The van der Waals surface area contributed by atoms with Gasteiger partial charge in [0.25, 0.3) is 0 Å². The molecule has 1 unspecified atom stereocenters. The number of hydrogen-bond donors (Lipinski definition) is 3. The van der Waals surface area contributed by atoms with Crippen LogP contribution in [0.1, 0.15) is 17.4 Å². The Labute approximate surface area is 101 Å². The van der Waals surface area contributed by atoms with Crippen molar-refractivity contribution in [1.29, 1.82) is 0 Å². The van der Waals surface area contributed by atoms with Gasteiger partial charge in [-0.3, -0.25) is 4.79 Å². The molecule has 92 valence electrons. The van der Waals surface area contributed by atoms with Crippen LogP contribution in [0.5, 0.6) is 0 Å². The third kappa shape index (κ3) is 3.97. The first kappa shape index (κ1) is 13.3. The normalized spacial score (nSPS) is 13.2. The van der Waals surface area contributed by atoms with E-state index in [1.165, 1.54) is 0 Å². The molecule has 1 atom stereocenters. The molecule has 1 heterocycles. The Balaban J connectivity index is 2.76. The number of nitrogens with zero attached hydrogens (tertiary/aromatic N) is 1. The molecule has 0 aromatic carbocycles. The highest BCUT2D eigenvalue weighted by Crippen LogP contribution is 2.05. The van der Waals surface area contributed by atoms with Gasteiger partial charge < -0.3 is 16.4 Å². The van der Waals surface area contributed by atoms with E-state index in [4.69, 9.17) is 5.73 Å². The van der Waals surface area contributed by atoms with E-state index >= 15 is 0 Å². The zero-order valence-electron chi connectivity index (χ0n) is 10.1. The average Bonchev–Trinajstić information content (AvgIpc) is 2.39. The van der Waals surface area contributed by atoms with E-state index in [1.54, 1.807) is 18.2 Å². The standard InChI is InChI=1S/C12H18N4O/c1-9(14-2)10(6-13)7-15-12-5-3-4-11(8-17)16-12/h3-5,7-9,14H,6,13H2,1-2H3,(H,15,16)/b10-7+. The van der Waals surface area contributed by atoms with Crippen LogP contribution >= 0.6 is 0 Å². The van der Waals surface area contributed by atoms with Crippen molar-refractivity contribution in [3.8, 4) is 0 Å². The second-order valence-corrected chi connectivity index (χ2v) is 3.64. The minimum absolute atomic E-state index is 0.196. The molecule has 17 heavy (non-hydrogen) atoms. The molecule has 0 amide bonds. The van der Waals surface area contributed by atoms with E-state index in [0.29, 0.717) is 18.1 Å². The number of aldehydes is 1. The Morgan fingerprint density at radius 1 is 1.59 bits per heavy atom. The van der Waals surface area contributed by atoms with Gasteiger partial charge in [0.1, 0.15) is 11.5 Å². The van der Waals surface area contributed by atoms with Crippen molar-refractivity contribution in [3.63, 3.8) is 0 Å². The summed E-state index contributed by atoms with van der Waals surface area (Å²) in [5.41, 5.74) is 7.08. The van der Waals surface area contributed by atoms with Crippen molar-refractivity contribution in [2.45, 2.75) is 13.0 Å². The maximum Gasteiger partial charge on any atom is 0.168 e. The molecule has 0 fully saturated rings. The number of nitrogens with one attached hydrogen (secondary N) is 2. The lowest BCUT2D eigenvalue weighted by molar-refractivity contribution is 0.111. The quantitative estimate of drug-likeness (QED) is 0.633. The van der Waals surface area contributed by atoms with Crippen LogP contribution in [-0.2, 0) is 0 Å². The summed E-state index contributed by atoms with van der Waals surface area (Å²) < 4.78 is 0. The van der Waals surface area contributed by atoms with Crippen LogP contribution in [0.2, 0.25) is 0 Å². The fourth-order valence-corrected chi connectivity index (χ4v) is 1.31. The van der Waals surface area contributed by atoms with Gasteiger partial charge in [-0.15, -0.1) is 0 Å². The predicted octanol–water partition coefficient (Wildman–Crippen LogP) is 0.756. The summed E-state index contributed by atoms with van der Waals surface area (Å²) in [6.07, 6.45) is 2.53. The minimum atomic E-state index is 0.196. The van der Waals surface area contributed by atoms with Crippen LogP contribution < -0.4 is 16.4 Å². The largest absolute Gasteiger partial charge is 0.347 e. The lowest BCUT2D eigenvalue weighted by Crippen LogP contribution is -2.28. The van der Waals surface area contributed by atoms with Crippen LogP contribution in [0.4, 0.5) is 5.82 Å². The van der Waals surface area contributed by atoms with Crippen LogP contribution in [0, 0.1) is 0 Å². The highest BCUT2D eigenvalue weighted by molar-refractivity contribution is 5.72. The molecule has 1 aromatic heterocycles. The number of pyridine rings is 1. The van der Waals surface area contributed by atoms with Crippen LogP contribution in [0.25, 0.3) is 0 Å². The Morgan fingerprint density at radius 2 is 2.35 bits per heavy atom. The Bertz CT molecular complexity index is 403. The molecule has 0 aliphatic rings. The zero-order valence-corrected chi connectivity index (χ0v) is 10.1. The fourth-order valence-electron chi connectivity index (χ4n) is 1.31. The number of aromatic nitrogens is 1. The molecule has 5 nitrogen and oxygen atoms in total. The number of carbonyl (C=O) groups is 1. The third-order valence-electron chi connectivity index (χ3n) is 2.52. The van der Waals surface area contributed by atoms with Gasteiger partial charge in [-0.2, -0.15) is 0 Å². The van der Waals surface area contributed by atoms with Crippen molar-refractivity contribution in [1.82, 2.24) is 10.3 Å². The fraction of sp³-hybridized carbons (Fsp3) is 0.333. The van der Waals surface area contributed by atoms with E-state index in [-0.39, 0.29) is 6.04 Å².